The number of nitrogens with one attached hydrogen (secondary N) is 1. The Kier molecular flexibility index (Phi) is 6.64. The van der Waals surface area contributed by atoms with E-state index in [2.05, 4.69) is 5.32 Å². The highest BCUT2D eigenvalue weighted by Gasteiger charge is 2.07. The fourth-order valence-corrected chi connectivity index (χ4v) is 2.63. The van der Waals surface area contributed by atoms with E-state index in [-0.39, 0.29) is 11.4 Å². The van der Waals surface area contributed by atoms with Crippen molar-refractivity contribution < 1.29 is 4.39 Å². The predicted octanol–water partition coefficient (Wildman–Crippen LogP) is 4.94. The van der Waals surface area contributed by atoms with Gasteiger partial charge in [0.25, 0.3) is 0 Å². The molecule has 118 valence electrons. The molecular formula is C19H14FN3S. The summed E-state index contributed by atoms with van der Waals surface area (Å²) in [6.45, 7) is 0. The van der Waals surface area contributed by atoms with E-state index in [1.165, 1.54) is 23.9 Å². The molecular weight excluding hydrogens is 321 g/mol. The van der Waals surface area contributed by atoms with Gasteiger partial charge in [0.05, 0.1) is 0 Å². The van der Waals surface area contributed by atoms with Gasteiger partial charge in [-0.15, -0.1) is 11.8 Å². The Morgan fingerprint density at radius 3 is 2.33 bits per heavy atom. The monoisotopic (exact) mass is 335 g/mol. The van der Waals surface area contributed by atoms with Crippen LogP contribution in [0.1, 0.15) is 5.56 Å². The minimum absolute atomic E-state index is 0.00237. The second-order valence-electron chi connectivity index (χ2n) is 4.68. The minimum Gasteiger partial charge on any atom is -0.349 e. The molecule has 0 unspecified atom stereocenters. The van der Waals surface area contributed by atoms with Gasteiger partial charge in [0.1, 0.15) is 23.0 Å². The maximum absolute atomic E-state index is 13.0. The zero-order valence-corrected chi connectivity index (χ0v) is 13.6. The summed E-state index contributed by atoms with van der Waals surface area (Å²) in [6, 6.07) is 19.4. The lowest BCUT2D eigenvalue weighted by molar-refractivity contribution is 0.628. The minimum atomic E-state index is -0.342. The third kappa shape index (κ3) is 5.31. The van der Waals surface area contributed by atoms with Gasteiger partial charge in [-0.1, -0.05) is 42.5 Å². The molecule has 0 bridgehead atoms. The standard InChI is InChI=1S/C19H14FN3S/c20-17-8-10-18(11-9-17)23-19(16(13-21)14-22)24-12-4-7-15-5-2-1-3-6-15/h1-11,23H,12H2/b7-4+. The second-order valence-corrected chi connectivity index (χ2v) is 5.71. The number of halogens is 1. The second kappa shape index (κ2) is 9.19. The first-order valence-corrected chi connectivity index (χ1v) is 8.13. The number of thioether (sulfide) groups is 1. The molecule has 1 N–H and O–H groups in total. The third-order valence-corrected chi connectivity index (χ3v) is 3.94. The lowest BCUT2D eigenvalue weighted by Gasteiger charge is -2.09. The normalized spacial score (nSPS) is 9.96. The molecule has 0 fully saturated rings. The van der Waals surface area contributed by atoms with Crippen LogP contribution in [0.15, 0.2) is 71.3 Å². The number of allylic oxidation sites excluding steroid dienone is 1. The van der Waals surface area contributed by atoms with Gasteiger partial charge in [-0.2, -0.15) is 10.5 Å². The van der Waals surface area contributed by atoms with Crippen molar-refractivity contribution in [2.24, 2.45) is 0 Å². The lowest BCUT2D eigenvalue weighted by atomic mass is 10.2. The first-order valence-electron chi connectivity index (χ1n) is 7.14. The van der Waals surface area contributed by atoms with E-state index in [9.17, 15) is 4.39 Å². The van der Waals surface area contributed by atoms with E-state index in [4.69, 9.17) is 10.5 Å². The van der Waals surface area contributed by atoms with Crippen molar-refractivity contribution in [1.29, 1.82) is 10.5 Å². The zero-order valence-electron chi connectivity index (χ0n) is 12.7. The fraction of sp³-hybridized carbons (Fsp3) is 0.0526. The van der Waals surface area contributed by atoms with Crippen molar-refractivity contribution in [2.75, 3.05) is 11.1 Å². The summed E-state index contributed by atoms with van der Waals surface area (Å²) in [5.74, 6) is 0.246. The van der Waals surface area contributed by atoms with E-state index >= 15 is 0 Å². The lowest BCUT2D eigenvalue weighted by Crippen LogP contribution is -2.00. The maximum Gasteiger partial charge on any atom is 0.159 e. The van der Waals surface area contributed by atoms with Gasteiger partial charge in [-0.05, 0) is 29.8 Å². The average molecular weight is 335 g/mol. The highest BCUT2D eigenvalue weighted by Crippen LogP contribution is 2.23. The topological polar surface area (TPSA) is 59.6 Å². The smallest absolute Gasteiger partial charge is 0.159 e. The molecule has 2 rings (SSSR count). The molecule has 0 radical (unpaired) electrons. The fourth-order valence-electron chi connectivity index (χ4n) is 1.84. The highest BCUT2D eigenvalue weighted by atomic mass is 32.2. The molecule has 24 heavy (non-hydrogen) atoms. The molecule has 0 spiro atoms. The van der Waals surface area contributed by atoms with Gasteiger partial charge < -0.3 is 5.32 Å². The van der Waals surface area contributed by atoms with Crippen molar-refractivity contribution >= 4 is 23.5 Å². The Balaban J connectivity index is 2.06. The molecule has 0 aliphatic rings. The molecule has 0 saturated carbocycles. The molecule has 0 amide bonds. The molecule has 0 saturated heterocycles. The van der Waals surface area contributed by atoms with Crippen LogP contribution in [0.4, 0.5) is 10.1 Å². The number of hydrogen-bond donors (Lipinski definition) is 1. The van der Waals surface area contributed by atoms with Crippen LogP contribution in [0.5, 0.6) is 0 Å². The third-order valence-electron chi connectivity index (χ3n) is 2.99. The van der Waals surface area contributed by atoms with E-state index in [0.717, 1.165) is 5.56 Å². The molecule has 2 aromatic rings. The number of nitriles is 2. The molecule has 0 heterocycles. The van der Waals surface area contributed by atoms with Crippen LogP contribution in [-0.2, 0) is 0 Å². The summed E-state index contributed by atoms with van der Waals surface area (Å²) in [5, 5.41) is 21.6. The van der Waals surface area contributed by atoms with Gasteiger partial charge in [0, 0.05) is 11.4 Å². The van der Waals surface area contributed by atoms with Crippen LogP contribution in [-0.4, -0.2) is 5.75 Å². The van der Waals surface area contributed by atoms with E-state index in [1.54, 1.807) is 12.1 Å². The number of hydrogen-bond acceptors (Lipinski definition) is 4. The van der Waals surface area contributed by atoms with Crippen LogP contribution in [0.2, 0.25) is 0 Å². The van der Waals surface area contributed by atoms with Crippen molar-refractivity contribution in [3.63, 3.8) is 0 Å². The molecule has 0 aliphatic heterocycles. The quantitative estimate of drug-likeness (QED) is 0.759. The van der Waals surface area contributed by atoms with Crippen molar-refractivity contribution in [3.05, 3.63) is 82.7 Å². The van der Waals surface area contributed by atoms with Gasteiger partial charge in [-0.3, -0.25) is 0 Å². The van der Waals surface area contributed by atoms with Crippen molar-refractivity contribution in [2.45, 2.75) is 0 Å². The van der Waals surface area contributed by atoms with Crippen LogP contribution in [0, 0.1) is 28.5 Å². The predicted molar refractivity (Wildman–Crippen MR) is 96.2 cm³/mol. The highest BCUT2D eigenvalue weighted by molar-refractivity contribution is 8.03. The van der Waals surface area contributed by atoms with Gasteiger partial charge in [0.2, 0.25) is 0 Å². The van der Waals surface area contributed by atoms with Crippen LogP contribution in [0.25, 0.3) is 6.08 Å². The average Bonchev–Trinajstić information content (AvgIpc) is 2.62. The number of nitrogens with zero attached hydrogens (tertiary/aromatic N) is 2. The number of rotatable bonds is 6. The Morgan fingerprint density at radius 1 is 1.04 bits per heavy atom. The largest absolute Gasteiger partial charge is 0.349 e. The van der Waals surface area contributed by atoms with E-state index in [1.807, 2.05) is 54.6 Å². The maximum atomic E-state index is 13.0. The number of anilines is 1. The van der Waals surface area contributed by atoms with Crippen LogP contribution >= 0.6 is 11.8 Å². The molecule has 2 aromatic carbocycles. The summed E-state index contributed by atoms with van der Waals surface area (Å²) >= 11 is 1.34. The zero-order chi connectivity index (χ0) is 17.2. The summed E-state index contributed by atoms with van der Waals surface area (Å²) in [5.41, 5.74) is 1.70. The summed E-state index contributed by atoms with van der Waals surface area (Å²) in [7, 11) is 0. The molecule has 0 atom stereocenters. The van der Waals surface area contributed by atoms with Crippen molar-refractivity contribution in [3.8, 4) is 12.1 Å². The molecule has 3 nitrogen and oxygen atoms in total. The van der Waals surface area contributed by atoms with Crippen molar-refractivity contribution in [1.82, 2.24) is 0 Å². The summed E-state index contributed by atoms with van der Waals surface area (Å²) in [4.78, 5) is 0. The van der Waals surface area contributed by atoms with Gasteiger partial charge >= 0.3 is 0 Å². The summed E-state index contributed by atoms with van der Waals surface area (Å²) in [6.07, 6.45) is 3.93. The first-order chi connectivity index (χ1) is 11.7. The molecule has 0 aromatic heterocycles. The SMILES string of the molecule is N#CC(C#N)=C(Nc1ccc(F)cc1)SC/C=C/c1ccccc1. The van der Waals surface area contributed by atoms with Gasteiger partial charge in [0.15, 0.2) is 5.57 Å². The Morgan fingerprint density at radius 2 is 1.71 bits per heavy atom. The Hall–Kier alpha value is -3.02. The number of benzene rings is 2. The first kappa shape index (κ1) is 17.3. The van der Waals surface area contributed by atoms with Crippen LogP contribution in [0.3, 0.4) is 0 Å². The van der Waals surface area contributed by atoms with Crippen LogP contribution < -0.4 is 5.32 Å². The molecule has 5 heteroatoms. The Bertz CT molecular complexity index is 796. The Labute approximate surface area is 144 Å². The van der Waals surface area contributed by atoms with E-state index < -0.39 is 0 Å². The molecule has 0 aliphatic carbocycles. The van der Waals surface area contributed by atoms with Gasteiger partial charge in [-0.25, -0.2) is 4.39 Å². The van der Waals surface area contributed by atoms with E-state index in [0.29, 0.717) is 16.5 Å². The summed E-state index contributed by atoms with van der Waals surface area (Å²) < 4.78 is 13.0.